The van der Waals surface area contributed by atoms with E-state index in [1.54, 1.807) is 6.92 Å². The van der Waals surface area contributed by atoms with Gasteiger partial charge in [0.1, 0.15) is 0 Å². The highest BCUT2D eigenvalue weighted by atomic mass is 35.5. The van der Waals surface area contributed by atoms with Gasteiger partial charge in [0.15, 0.2) is 0 Å². The standard InChI is InChI=1S/C17H17ClN2O3/c1-9-5-6-13(7-10(9)2)19-8-14-11(3)15(18)12(4)16(17(14)21)20(22)23/h5-8,21H,1-4H3/p-1. The molecule has 0 fully saturated rings. The molecule has 6 heteroatoms. The number of rotatable bonds is 3. The predicted octanol–water partition coefficient (Wildman–Crippen LogP) is 4.31. The summed E-state index contributed by atoms with van der Waals surface area (Å²) < 4.78 is 0. The van der Waals surface area contributed by atoms with Crippen molar-refractivity contribution in [1.82, 2.24) is 0 Å². The van der Waals surface area contributed by atoms with Crippen molar-refractivity contribution in [3.05, 3.63) is 61.2 Å². The molecule has 0 saturated heterocycles. The predicted molar refractivity (Wildman–Crippen MR) is 90.2 cm³/mol. The molecule has 23 heavy (non-hydrogen) atoms. The maximum Gasteiger partial charge on any atom is 0.266 e. The van der Waals surface area contributed by atoms with Gasteiger partial charge in [0, 0.05) is 11.8 Å². The van der Waals surface area contributed by atoms with Gasteiger partial charge in [0.05, 0.1) is 15.6 Å². The number of nitro groups is 1. The molecule has 0 aliphatic carbocycles. The monoisotopic (exact) mass is 331 g/mol. The zero-order valence-corrected chi connectivity index (χ0v) is 14.1. The molecule has 5 nitrogen and oxygen atoms in total. The van der Waals surface area contributed by atoms with E-state index in [0.29, 0.717) is 11.3 Å². The van der Waals surface area contributed by atoms with Crippen LogP contribution in [0.25, 0.3) is 0 Å². The summed E-state index contributed by atoms with van der Waals surface area (Å²) in [5.74, 6) is -0.665. The molecule has 2 aromatic carbocycles. The number of hydrogen-bond acceptors (Lipinski definition) is 4. The molecule has 120 valence electrons. The second kappa shape index (κ2) is 6.38. The topological polar surface area (TPSA) is 78.6 Å². The van der Waals surface area contributed by atoms with Gasteiger partial charge < -0.3 is 5.11 Å². The van der Waals surface area contributed by atoms with Crippen molar-refractivity contribution in [2.75, 3.05) is 0 Å². The Morgan fingerprint density at radius 1 is 1.13 bits per heavy atom. The molecule has 0 radical (unpaired) electrons. The number of nitro benzene ring substituents is 1. The highest BCUT2D eigenvalue weighted by Gasteiger charge is 2.20. The van der Waals surface area contributed by atoms with Crippen LogP contribution in [0.2, 0.25) is 5.02 Å². The molecule has 2 rings (SSSR count). The zero-order valence-electron chi connectivity index (χ0n) is 13.3. The van der Waals surface area contributed by atoms with E-state index >= 15 is 0 Å². The minimum Gasteiger partial charge on any atom is -0.867 e. The van der Waals surface area contributed by atoms with Crippen molar-refractivity contribution in [2.24, 2.45) is 4.99 Å². The summed E-state index contributed by atoms with van der Waals surface area (Å²) in [5.41, 5.74) is 3.21. The van der Waals surface area contributed by atoms with E-state index in [1.165, 1.54) is 13.1 Å². The SMILES string of the molecule is Cc1ccc(N=Cc2c(C)c(Cl)c(C)c([N+](=O)[O-])c2[O-])cc1C. The maximum atomic E-state index is 12.4. The summed E-state index contributed by atoms with van der Waals surface area (Å²) in [6.07, 6.45) is 1.35. The lowest BCUT2D eigenvalue weighted by atomic mass is 10.0. The van der Waals surface area contributed by atoms with Gasteiger partial charge >= 0.3 is 0 Å². The van der Waals surface area contributed by atoms with Crippen molar-refractivity contribution >= 4 is 29.2 Å². The zero-order chi connectivity index (χ0) is 17.3. The second-order valence-corrected chi connectivity index (χ2v) is 5.82. The second-order valence-electron chi connectivity index (χ2n) is 5.44. The van der Waals surface area contributed by atoms with Crippen molar-refractivity contribution < 1.29 is 10.0 Å². The number of aryl methyl sites for hydroxylation is 2. The Bertz CT molecular complexity index is 829. The largest absolute Gasteiger partial charge is 0.867 e. The van der Waals surface area contributed by atoms with E-state index in [2.05, 4.69) is 4.99 Å². The molecular formula is C17H16ClN2O3-. The van der Waals surface area contributed by atoms with E-state index < -0.39 is 16.4 Å². The maximum absolute atomic E-state index is 12.4. The summed E-state index contributed by atoms with van der Waals surface area (Å²) in [6.45, 7) is 7.08. The van der Waals surface area contributed by atoms with Crippen LogP contribution in [0.15, 0.2) is 23.2 Å². The fraction of sp³-hybridized carbons (Fsp3) is 0.235. The summed E-state index contributed by atoms with van der Waals surface area (Å²) in [4.78, 5) is 14.7. The third-order valence-electron chi connectivity index (χ3n) is 3.89. The van der Waals surface area contributed by atoms with E-state index in [0.717, 1.165) is 11.1 Å². The first-order valence-electron chi connectivity index (χ1n) is 6.99. The van der Waals surface area contributed by atoms with Gasteiger partial charge in [-0.15, -0.1) is 0 Å². The number of aliphatic imine (C=N–C) groups is 1. The lowest BCUT2D eigenvalue weighted by Crippen LogP contribution is -2.07. The molecule has 0 amide bonds. The van der Waals surface area contributed by atoms with Gasteiger partial charge in [0.25, 0.3) is 5.69 Å². The van der Waals surface area contributed by atoms with E-state index in [1.807, 2.05) is 32.0 Å². The van der Waals surface area contributed by atoms with Crippen LogP contribution >= 0.6 is 11.6 Å². The van der Waals surface area contributed by atoms with Crippen molar-refractivity contribution in [3.8, 4) is 5.75 Å². The first-order chi connectivity index (χ1) is 10.7. The molecule has 0 bridgehead atoms. The Morgan fingerprint density at radius 2 is 1.78 bits per heavy atom. The molecule has 2 aromatic rings. The molecule has 0 N–H and O–H groups in total. The summed E-state index contributed by atoms with van der Waals surface area (Å²) in [6, 6.07) is 5.64. The fourth-order valence-corrected chi connectivity index (χ4v) is 2.48. The molecule has 0 spiro atoms. The van der Waals surface area contributed by atoms with Crippen molar-refractivity contribution in [3.63, 3.8) is 0 Å². The molecule has 0 aliphatic heterocycles. The van der Waals surface area contributed by atoms with Crippen molar-refractivity contribution in [1.29, 1.82) is 0 Å². The lowest BCUT2D eigenvalue weighted by molar-refractivity contribution is -0.398. The molecule has 0 unspecified atom stereocenters. The first-order valence-corrected chi connectivity index (χ1v) is 7.37. The Morgan fingerprint density at radius 3 is 2.35 bits per heavy atom. The normalized spacial score (nSPS) is 11.2. The van der Waals surface area contributed by atoms with E-state index in [4.69, 9.17) is 11.6 Å². The lowest BCUT2D eigenvalue weighted by Gasteiger charge is -2.17. The summed E-state index contributed by atoms with van der Waals surface area (Å²) >= 11 is 6.13. The third kappa shape index (κ3) is 3.19. The molecular weight excluding hydrogens is 316 g/mol. The Hall–Kier alpha value is -2.40. The summed E-state index contributed by atoms with van der Waals surface area (Å²) in [5, 5.41) is 23.7. The van der Waals surface area contributed by atoms with Crippen LogP contribution in [-0.4, -0.2) is 11.1 Å². The van der Waals surface area contributed by atoms with Crippen LogP contribution in [0.1, 0.15) is 27.8 Å². The average Bonchev–Trinajstić information content (AvgIpc) is 2.48. The minimum absolute atomic E-state index is 0.144. The van der Waals surface area contributed by atoms with Crippen molar-refractivity contribution in [2.45, 2.75) is 27.7 Å². The number of benzene rings is 2. The van der Waals surface area contributed by atoms with Crippen LogP contribution < -0.4 is 5.11 Å². The smallest absolute Gasteiger partial charge is 0.266 e. The Kier molecular flexibility index (Phi) is 4.71. The fourth-order valence-electron chi connectivity index (χ4n) is 2.29. The van der Waals surface area contributed by atoms with Gasteiger partial charge in [-0.05, 0) is 67.8 Å². The van der Waals surface area contributed by atoms with Gasteiger partial charge in [-0.25, -0.2) is 0 Å². The molecule has 0 saturated carbocycles. The van der Waals surface area contributed by atoms with Crippen LogP contribution in [0, 0.1) is 37.8 Å². The van der Waals surface area contributed by atoms with E-state index in [9.17, 15) is 15.2 Å². The highest BCUT2D eigenvalue weighted by Crippen LogP contribution is 2.38. The Labute approximate surface area is 139 Å². The van der Waals surface area contributed by atoms with Crippen LogP contribution in [0.4, 0.5) is 11.4 Å². The van der Waals surface area contributed by atoms with Gasteiger partial charge in [-0.2, -0.15) is 0 Å². The summed E-state index contributed by atoms with van der Waals surface area (Å²) in [7, 11) is 0. The van der Waals surface area contributed by atoms with E-state index in [-0.39, 0.29) is 16.1 Å². The molecule has 0 heterocycles. The Balaban J connectivity index is 2.57. The number of hydrogen-bond donors (Lipinski definition) is 0. The average molecular weight is 332 g/mol. The first kappa shape index (κ1) is 17.0. The van der Waals surface area contributed by atoms with Gasteiger partial charge in [-0.3, -0.25) is 15.1 Å². The molecule has 0 aromatic heterocycles. The highest BCUT2D eigenvalue weighted by molar-refractivity contribution is 6.33. The molecule has 0 atom stereocenters. The van der Waals surface area contributed by atoms with Crippen LogP contribution in [0.3, 0.4) is 0 Å². The van der Waals surface area contributed by atoms with Crippen LogP contribution in [0.5, 0.6) is 5.75 Å². The third-order valence-corrected chi connectivity index (χ3v) is 4.46. The minimum atomic E-state index is -0.698. The van der Waals surface area contributed by atoms with Gasteiger partial charge in [0.2, 0.25) is 0 Å². The quantitative estimate of drug-likeness (QED) is 0.477. The van der Waals surface area contributed by atoms with Crippen LogP contribution in [-0.2, 0) is 0 Å². The number of halogens is 1. The molecule has 0 aliphatic rings. The number of nitrogens with zero attached hydrogens (tertiary/aromatic N) is 2. The van der Waals surface area contributed by atoms with Gasteiger partial charge in [-0.1, -0.05) is 17.7 Å².